The number of phenols is 1. The van der Waals surface area contributed by atoms with Gasteiger partial charge < -0.3 is 15.2 Å². The van der Waals surface area contributed by atoms with Crippen molar-refractivity contribution in [1.82, 2.24) is 4.90 Å². The SMILES string of the molecule is COc1ccc(/C=C2/SC(=O)N(CCC(=O)Nc3ccc(O)cc3)C2=S)cc1. The van der Waals surface area contributed by atoms with Gasteiger partial charge in [0.25, 0.3) is 5.24 Å². The molecule has 0 radical (unpaired) electrons. The maximum absolute atomic E-state index is 12.3. The second-order valence-electron chi connectivity index (χ2n) is 5.95. The zero-order valence-corrected chi connectivity index (χ0v) is 16.7. The van der Waals surface area contributed by atoms with E-state index in [0.717, 1.165) is 23.1 Å². The summed E-state index contributed by atoms with van der Waals surface area (Å²) in [4.78, 5) is 26.9. The summed E-state index contributed by atoms with van der Waals surface area (Å²) >= 11 is 6.47. The quantitative estimate of drug-likeness (QED) is 0.418. The van der Waals surface area contributed by atoms with Crippen molar-refractivity contribution in [2.45, 2.75) is 6.42 Å². The average molecular weight is 415 g/mol. The molecular weight excluding hydrogens is 396 g/mol. The first-order valence-corrected chi connectivity index (χ1v) is 9.67. The Morgan fingerprint density at radius 3 is 2.54 bits per heavy atom. The van der Waals surface area contributed by atoms with E-state index in [2.05, 4.69) is 5.32 Å². The number of phenolic OH excluding ortho intramolecular Hbond substituents is 1. The summed E-state index contributed by atoms with van der Waals surface area (Å²) in [5.41, 5.74) is 1.48. The van der Waals surface area contributed by atoms with E-state index in [0.29, 0.717) is 15.6 Å². The van der Waals surface area contributed by atoms with Crippen LogP contribution in [0, 0.1) is 0 Å². The predicted molar refractivity (Wildman–Crippen MR) is 115 cm³/mol. The number of carbonyl (C=O) groups is 2. The smallest absolute Gasteiger partial charge is 0.291 e. The number of carbonyl (C=O) groups excluding carboxylic acids is 2. The molecule has 1 fully saturated rings. The van der Waals surface area contributed by atoms with Crippen LogP contribution >= 0.6 is 24.0 Å². The fourth-order valence-corrected chi connectivity index (χ4v) is 3.82. The first-order valence-electron chi connectivity index (χ1n) is 8.44. The zero-order valence-electron chi connectivity index (χ0n) is 15.0. The predicted octanol–water partition coefficient (Wildman–Crippen LogP) is 4.27. The molecule has 8 heteroatoms. The van der Waals surface area contributed by atoms with Crippen molar-refractivity contribution in [3.05, 3.63) is 59.0 Å². The van der Waals surface area contributed by atoms with Crippen molar-refractivity contribution in [2.75, 3.05) is 19.0 Å². The molecule has 1 aliphatic rings. The maximum Gasteiger partial charge on any atom is 0.291 e. The van der Waals surface area contributed by atoms with Crippen LogP contribution in [0.2, 0.25) is 0 Å². The number of thiocarbonyl (C=S) groups is 1. The van der Waals surface area contributed by atoms with Crippen LogP contribution in [-0.2, 0) is 4.79 Å². The van der Waals surface area contributed by atoms with Crippen molar-refractivity contribution < 1.29 is 19.4 Å². The number of methoxy groups -OCH3 is 1. The van der Waals surface area contributed by atoms with Gasteiger partial charge in [0, 0.05) is 18.7 Å². The van der Waals surface area contributed by atoms with Gasteiger partial charge in [-0.25, -0.2) is 0 Å². The lowest BCUT2D eigenvalue weighted by Crippen LogP contribution is -2.30. The maximum atomic E-state index is 12.3. The van der Waals surface area contributed by atoms with Crippen molar-refractivity contribution in [2.24, 2.45) is 0 Å². The molecule has 1 aliphatic heterocycles. The molecule has 0 spiro atoms. The second kappa shape index (κ2) is 8.90. The summed E-state index contributed by atoms with van der Waals surface area (Å²) in [5, 5.41) is 11.8. The number of anilines is 1. The van der Waals surface area contributed by atoms with Crippen molar-refractivity contribution in [3.8, 4) is 11.5 Å². The summed E-state index contributed by atoms with van der Waals surface area (Å²) in [7, 11) is 1.60. The molecule has 1 saturated heterocycles. The average Bonchev–Trinajstić information content (AvgIpc) is 2.95. The molecule has 2 aromatic rings. The first kappa shape index (κ1) is 19.9. The van der Waals surface area contributed by atoms with Crippen LogP contribution in [0.25, 0.3) is 6.08 Å². The van der Waals surface area contributed by atoms with Gasteiger partial charge >= 0.3 is 0 Å². The van der Waals surface area contributed by atoms with Gasteiger partial charge in [-0.1, -0.05) is 24.4 Å². The third-order valence-corrected chi connectivity index (χ3v) is 5.50. The van der Waals surface area contributed by atoms with Gasteiger partial charge in [0.2, 0.25) is 5.91 Å². The van der Waals surface area contributed by atoms with Crippen molar-refractivity contribution >= 4 is 51.9 Å². The van der Waals surface area contributed by atoms with Gasteiger partial charge in [0.1, 0.15) is 16.5 Å². The molecule has 6 nitrogen and oxygen atoms in total. The molecule has 0 unspecified atom stereocenters. The molecule has 3 rings (SSSR count). The summed E-state index contributed by atoms with van der Waals surface area (Å²) < 4.78 is 5.13. The Bertz CT molecular complexity index is 924. The fraction of sp³-hybridized carbons (Fsp3) is 0.150. The number of hydrogen-bond donors (Lipinski definition) is 2. The minimum Gasteiger partial charge on any atom is -0.508 e. The Labute approximate surface area is 172 Å². The number of thioether (sulfide) groups is 1. The highest BCUT2D eigenvalue weighted by Gasteiger charge is 2.31. The van der Waals surface area contributed by atoms with E-state index in [-0.39, 0.29) is 29.9 Å². The Balaban J connectivity index is 1.59. The van der Waals surface area contributed by atoms with Crippen LogP contribution in [0.5, 0.6) is 11.5 Å². The third kappa shape index (κ3) is 4.90. The van der Waals surface area contributed by atoms with E-state index >= 15 is 0 Å². The molecule has 0 aliphatic carbocycles. The van der Waals surface area contributed by atoms with E-state index in [1.54, 1.807) is 19.2 Å². The first-order chi connectivity index (χ1) is 13.5. The zero-order chi connectivity index (χ0) is 20.1. The van der Waals surface area contributed by atoms with Gasteiger partial charge in [-0.15, -0.1) is 0 Å². The van der Waals surface area contributed by atoms with E-state index in [4.69, 9.17) is 17.0 Å². The number of aromatic hydroxyl groups is 1. The normalized spacial score (nSPS) is 15.2. The number of amides is 2. The molecule has 0 atom stereocenters. The monoisotopic (exact) mass is 414 g/mol. The lowest BCUT2D eigenvalue weighted by molar-refractivity contribution is -0.116. The van der Waals surface area contributed by atoms with Crippen molar-refractivity contribution in [1.29, 1.82) is 0 Å². The minimum absolute atomic E-state index is 0.114. The molecule has 0 saturated carbocycles. The van der Waals surface area contributed by atoms with Crippen molar-refractivity contribution in [3.63, 3.8) is 0 Å². The molecule has 1 heterocycles. The van der Waals surface area contributed by atoms with Gasteiger partial charge in [-0.05, 0) is 59.8 Å². The molecule has 28 heavy (non-hydrogen) atoms. The van der Waals surface area contributed by atoms with Crippen LogP contribution in [0.1, 0.15) is 12.0 Å². The molecule has 0 aromatic heterocycles. The number of hydrogen-bond acceptors (Lipinski definition) is 6. The molecule has 2 aromatic carbocycles. The van der Waals surface area contributed by atoms with Crippen LogP contribution < -0.4 is 10.1 Å². The number of ether oxygens (including phenoxy) is 1. The van der Waals surface area contributed by atoms with Gasteiger partial charge in [0.05, 0.1) is 12.0 Å². The molecule has 2 amide bonds. The molecule has 0 bridgehead atoms. The van der Waals surface area contributed by atoms with Crippen LogP contribution in [0.4, 0.5) is 10.5 Å². The summed E-state index contributed by atoms with van der Waals surface area (Å²) in [6.45, 7) is 0.203. The molecule has 144 valence electrons. The topological polar surface area (TPSA) is 78.9 Å². The van der Waals surface area contributed by atoms with E-state index in [9.17, 15) is 14.7 Å². The van der Waals surface area contributed by atoms with Gasteiger partial charge in [0.15, 0.2) is 0 Å². The van der Waals surface area contributed by atoms with Crippen LogP contribution in [0.3, 0.4) is 0 Å². The number of benzene rings is 2. The van der Waals surface area contributed by atoms with E-state index in [1.165, 1.54) is 17.0 Å². The summed E-state index contributed by atoms with van der Waals surface area (Å²) in [6.07, 6.45) is 1.96. The number of nitrogens with one attached hydrogen (secondary N) is 1. The minimum atomic E-state index is -0.237. The highest BCUT2D eigenvalue weighted by molar-refractivity contribution is 8.19. The number of rotatable bonds is 6. The highest BCUT2D eigenvalue weighted by Crippen LogP contribution is 2.33. The van der Waals surface area contributed by atoms with E-state index < -0.39 is 0 Å². The third-order valence-electron chi connectivity index (χ3n) is 4.00. The Kier molecular flexibility index (Phi) is 6.33. The molecule has 2 N–H and O–H groups in total. The largest absolute Gasteiger partial charge is 0.508 e. The fourth-order valence-electron chi connectivity index (χ4n) is 2.53. The second-order valence-corrected chi connectivity index (χ2v) is 7.33. The summed E-state index contributed by atoms with van der Waals surface area (Å²) in [5.74, 6) is 0.638. The summed E-state index contributed by atoms with van der Waals surface area (Å²) in [6, 6.07) is 13.6. The van der Waals surface area contributed by atoms with Crippen LogP contribution in [-0.4, -0.2) is 39.8 Å². The van der Waals surface area contributed by atoms with Gasteiger partial charge in [-0.3, -0.25) is 14.5 Å². The Morgan fingerprint density at radius 1 is 1.21 bits per heavy atom. The lowest BCUT2D eigenvalue weighted by atomic mass is 10.2. The van der Waals surface area contributed by atoms with Gasteiger partial charge in [-0.2, -0.15) is 0 Å². The Hall–Kier alpha value is -2.84. The molecular formula is C20H18N2O4S2. The van der Waals surface area contributed by atoms with Crippen LogP contribution in [0.15, 0.2) is 53.4 Å². The van der Waals surface area contributed by atoms with E-state index in [1.807, 2.05) is 30.3 Å². The number of nitrogens with zero attached hydrogens (tertiary/aromatic N) is 1. The Morgan fingerprint density at radius 2 is 1.89 bits per heavy atom. The lowest BCUT2D eigenvalue weighted by Gasteiger charge is -2.14. The highest BCUT2D eigenvalue weighted by atomic mass is 32.2. The standard InChI is InChI=1S/C20H18N2O4S2/c1-26-16-8-2-13(3-9-16)12-17-19(27)22(20(25)28-17)11-10-18(24)21-14-4-6-15(23)7-5-14/h2-9,12,23H,10-11H2,1H3,(H,21,24)/b17-12+.